The van der Waals surface area contributed by atoms with Crippen LogP contribution in [-0.4, -0.2) is 92.9 Å². The minimum Gasteiger partial charge on any atom is -0.368 e. The molecule has 6 rings (SSSR count). The number of aromatic nitrogens is 4. The molecule has 0 aromatic carbocycles. The summed E-state index contributed by atoms with van der Waals surface area (Å²) in [5.74, 6) is 0.876. The SMILES string of the molecule is CC(=O)c1c(C)c2cnc(Nc3ccc(N4CCN(CC(=O)N(C)C5CCC(N)C5)CC4)cn3)nc2n(C2CCCC2)c1=O. The van der Waals surface area contributed by atoms with Crippen molar-refractivity contribution in [3.05, 3.63) is 46.0 Å². The van der Waals surface area contributed by atoms with Crippen LogP contribution in [-0.2, 0) is 4.79 Å². The van der Waals surface area contributed by atoms with Gasteiger partial charge in [0.25, 0.3) is 5.56 Å². The van der Waals surface area contributed by atoms with Crippen LogP contribution in [0.15, 0.2) is 29.3 Å². The molecular weight excluding hydrogens is 558 g/mol. The van der Waals surface area contributed by atoms with Crippen molar-refractivity contribution in [2.75, 3.05) is 50.0 Å². The molecule has 2 aliphatic carbocycles. The Bertz CT molecular complexity index is 1590. The number of rotatable bonds is 8. The van der Waals surface area contributed by atoms with Crippen molar-refractivity contribution >= 4 is 40.2 Å². The van der Waals surface area contributed by atoms with Gasteiger partial charge < -0.3 is 20.9 Å². The lowest BCUT2D eigenvalue weighted by atomic mass is 10.0. The first-order chi connectivity index (χ1) is 21.2. The van der Waals surface area contributed by atoms with Gasteiger partial charge in [0.15, 0.2) is 5.78 Å². The number of hydrogen-bond acceptors (Lipinski definition) is 10. The summed E-state index contributed by atoms with van der Waals surface area (Å²) in [5, 5.41) is 3.91. The Morgan fingerprint density at radius 3 is 2.43 bits per heavy atom. The zero-order chi connectivity index (χ0) is 31.0. The smallest absolute Gasteiger partial charge is 0.263 e. The minimum atomic E-state index is -0.267. The molecule has 3 aliphatic rings. The quantitative estimate of drug-likeness (QED) is 0.370. The highest BCUT2D eigenvalue weighted by Crippen LogP contribution is 2.32. The van der Waals surface area contributed by atoms with Crippen molar-refractivity contribution in [1.29, 1.82) is 0 Å². The molecule has 1 amide bonds. The molecule has 3 aromatic rings. The maximum absolute atomic E-state index is 13.5. The van der Waals surface area contributed by atoms with Gasteiger partial charge in [0.2, 0.25) is 11.9 Å². The third-order valence-electron chi connectivity index (χ3n) is 9.72. The third-order valence-corrected chi connectivity index (χ3v) is 9.72. The molecule has 1 saturated heterocycles. The van der Waals surface area contributed by atoms with Gasteiger partial charge in [-0.05, 0) is 63.6 Å². The lowest BCUT2D eigenvalue weighted by Crippen LogP contribution is -2.50. The van der Waals surface area contributed by atoms with E-state index in [2.05, 4.69) is 25.1 Å². The molecular formula is C32H43N9O3. The largest absolute Gasteiger partial charge is 0.368 e. The van der Waals surface area contributed by atoms with Gasteiger partial charge in [0.05, 0.1) is 24.0 Å². The number of hydrogen-bond donors (Lipinski definition) is 2. The van der Waals surface area contributed by atoms with Crippen LogP contribution in [0.1, 0.15) is 73.8 Å². The lowest BCUT2D eigenvalue weighted by molar-refractivity contribution is -0.133. The fraction of sp³-hybridized carbons (Fsp3) is 0.562. The van der Waals surface area contributed by atoms with Crippen LogP contribution in [0.4, 0.5) is 17.5 Å². The normalized spacial score (nSPS) is 21.2. The molecule has 2 atom stereocenters. The first-order valence-electron chi connectivity index (χ1n) is 15.8. The van der Waals surface area contributed by atoms with Crippen LogP contribution < -0.4 is 21.5 Å². The van der Waals surface area contributed by atoms with Crippen molar-refractivity contribution in [2.45, 2.75) is 76.9 Å². The minimum absolute atomic E-state index is 0.0228. The summed E-state index contributed by atoms with van der Waals surface area (Å²) >= 11 is 0. The number of anilines is 3. The average Bonchev–Trinajstić information content (AvgIpc) is 3.70. The van der Waals surface area contributed by atoms with E-state index in [1.807, 2.05) is 30.3 Å². The molecule has 3 fully saturated rings. The second kappa shape index (κ2) is 12.6. The number of carbonyl (C=O) groups is 2. The van der Waals surface area contributed by atoms with Crippen LogP contribution in [0.3, 0.4) is 0 Å². The summed E-state index contributed by atoms with van der Waals surface area (Å²) in [4.78, 5) is 59.0. The summed E-state index contributed by atoms with van der Waals surface area (Å²) in [7, 11) is 1.91. The van der Waals surface area contributed by atoms with E-state index >= 15 is 0 Å². The molecule has 3 N–H and O–H groups in total. The Kier molecular flexibility index (Phi) is 8.64. The maximum Gasteiger partial charge on any atom is 0.263 e. The van der Waals surface area contributed by atoms with E-state index in [1.165, 1.54) is 6.92 Å². The van der Waals surface area contributed by atoms with Crippen LogP contribution >= 0.6 is 0 Å². The highest BCUT2D eigenvalue weighted by molar-refractivity contribution is 5.99. The van der Waals surface area contributed by atoms with E-state index < -0.39 is 0 Å². The summed E-state index contributed by atoms with van der Waals surface area (Å²) in [6.45, 7) is 6.91. The molecule has 3 aromatic heterocycles. The molecule has 12 nitrogen and oxygen atoms in total. The molecule has 44 heavy (non-hydrogen) atoms. The highest BCUT2D eigenvalue weighted by atomic mass is 16.2. The van der Waals surface area contributed by atoms with Crippen LogP contribution in [0.25, 0.3) is 11.0 Å². The highest BCUT2D eigenvalue weighted by Gasteiger charge is 2.30. The molecule has 234 valence electrons. The topological polar surface area (TPSA) is 143 Å². The Balaban J connectivity index is 1.11. The number of pyridine rings is 2. The van der Waals surface area contributed by atoms with E-state index in [1.54, 1.807) is 17.7 Å². The van der Waals surface area contributed by atoms with E-state index in [0.717, 1.165) is 76.8 Å². The average molecular weight is 602 g/mol. The van der Waals surface area contributed by atoms with Crippen molar-refractivity contribution in [3.8, 4) is 0 Å². The second-order valence-corrected chi connectivity index (χ2v) is 12.6. The van der Waals surface area contributed by atoms with Gasteiger partial charge in [0, 0.05) is 62.9 Å². The van der Waals surface area contributed by atoms with Gasteiger partial charge in [-0.15, -0.1) is 0 Å². The van der Waals surface area contributed by atoms with Gasteiger partial charge in [-0.3, -0.25) is 23.9 Å². The van der Waals surface area contributed by atoms with E-state index in [9.17, 15) is 14.4 Å². The van der Waals surface area contributed by atoms with Gasteiger partial charge in [0.1, 0.15) is 11.5 Å². The molecule has 0 radical (unpaired) electrons. The number of nitrogens with one attached hydrogen (secondary N) is 1. The van der Waals surface area contributed by atoms with Gasteiger partial charge in [-0.1, -0.05) is 12.8 Å². The van der Waals surface area contributed by atoms with Gasteiger partial charge >= 0.3 is 0 Å². The Morgan fingerprint density at radius 1 is 1.05 bits per heavy atom. The molecule has 1 aliphatic heterocycles. The van der Waals surface area contributed by atoms with E-state index in [-0.39, 0.29) is 40.9 Å². The standard InChI is InChI=1S/C32H43N9O3/c1-20-26-18-35-32(37-30(26)41(23-6-4-5-7-23)31(44)29(20)21(2)42)36-27-11-10-25(17-34-27)40-14-12-39(13-15-40)19-28(43)38(3)24-9-8-22(33)16-24/h10-11,17-18,22-24H,4-9,12-16,19,33H2,1-3H3,(H,34,35,36,37). The molecule has 4 heterocycles. The molecule has 2 saturated carbocycles. The maximum atomic E-state index is 13.5. The Morgan fingerprint density at radius 2 is 1.80 bits per heavy atom. The first kappa shape index (κ1) is 30.1. The monoisotopic (exact) mass is 601 g/mol. The molecule has 0 spiro atoms. The van der Waals surface area contributed by atoms with Crippen LogP contribution in [0.5, 0.6) is 0 Å². The summed E-state index contributed by atoms with van der Waals surface area (Å²) in [6.07, 6.45) is 10.3. The number of nitrogens with zero attached hydrogens (tertiary/aromatic N) is 7. The number of ketones is 1. The number of likely N-dealkylation sites (N-methyl/N-ethyl adjacent to an activating group) is 1. The number of fused-ring (bicyclic) bond motifs is 1. The second-order valence-electron chi connectivity index (χ2n) is 12.6. The summed E-state index contributed by atoms with van der Waals surface area (Å²) < 4.78 is 1.71. The van der Waals surface area contributed by atoms with Gasteiger partial charge in [-0.25, -0.2) is 9.97 Å². The Labute approximate surface area is 257 Å². The zero-order valence-corrected chi connectivity index (χ0v) is 26.0. The third kappa shape index (κ3) is 6.05. The number of aryl methyl sites for hydroxylation is 1. The van der Waals surface area contributed by atoms with Crippen molar-refractivity contribution in [2.24, 2.45) is 5.73 Å². The Hall–Kier alpha value is -3.90. The van der Waals surface area contributed by atoms with Crippen molar-refractivity contribution in [3.63, 3.8) is 0 Å². The lowest BCUT2D eigenvalue weighted by Gasteiger charge is -2.36. The van der Waals surface area contributed by atoms with Crippen LogP contribution in [0.2, 0.25) is 0 Å². The number of amides is 1. The number of nitrogens with two attached hydrogens (primary N) is 1. The van der Waals surface area contributed by atoms with Crippen molar-refractivity contribution in [1.82, 2.24) is 29.3 Å². The molecule has 0 bridgehead atoms. The van der Waals surface area contributed by atoms with Gasteiger partial charge in [-0.2, -0.15) is 4.98 Å². The number of carbonyl (C=O) groups excluding carboxylic acids is 2. The predicted molar refractivity (Wildman–Crippen MR) is 171 cm³/mol. The molecule has 2 unspecified atom stereocenters. The fourth-order valence-corrected chi connectivity index (χ4v) is 7.08. The number of Topliss-reactive ketones (excluding diaryl/α,β-unsaturated/α-hetero) is 1. The number of piperazine rings is 1. The summed E-state index contributed by atoms with van der Waals surface area (Å²) in [5.41, 5.74) is 8.18. The first-order valence-corrected chi connectivity index (χ1v) is 15.8. The molecule has 12 heteroatoms. The zero-order valence-electron chi connectivity index (χ0n) is 26.0. The van der Waals surface area contributed by atoms with Crippen molar-refractivity contribution < 1.29 is 9.59 Å². The van der Waals surface area contributed by atoms with E-state index in [4.69, 9.17) is 10.7 Å². The predicted octanol–water partition coefficient (Wildman–Crippen LogP) is 3.02. The fourth-order valence-electron chi connectivity index (χ4n) is 7.08. The summed E-state index contributed by atoms with van der Waals surface area (Å²) in [6, 6.07) is 4.41. The van der Waals surface area contributed by atoms with Crippen LogP contribution in [0, 0.1) is 6.92 Å². The van der Waals surface area contributed by atoms with E-state index in [0.29, 0.717) is 34.9 Å².